The lowest BCUT2D eigenvalue weighted by atomic mass is 10.1. The Morgan fingerprint density at radius 2 is 2.20 bits per heavy atom. The van der Waals surface area contributed by atoms with Crippen molar-refractivity contribution in [3.05, 3.63) is 40.5 Å². The van der Waals surface area contributed by atoms with Gasteiger partial charge in [0.15, 0.2) is 0 Å². The van der Waals surface area contributed by atoms with Crippen molar-refractivity contribution in [2.24, 2.45) is 5.84 Å². The Morgan fingerprint density at radius 1 is 1.50 bits per heavy atom. The molecule has 0 saturated carbocycles. The van der Waals surface area contributed by atoms with E-state index in [1.165, 1.54) is 23.5 Å². The number of carbonyl (C=O) groups is 1. The topological polar surface area (TPSA) is 77.2 Å². The van der Waals surface area contributed by atoms with Gasteiger partial charge < -0.3 is 4.74 Å². The van der Waals surface area contributed by atoms with Crippen molar-refractivity contribution in [1.29, 1.82) is 0 Å². The quantitative estimate of drug-likeness (QED) is 0.516. The molecule has 0 bridgehead atoms. The first kappa shape index (κ1) is 14.4. The highest BCUT2D eigenvalue weighted by molar-refractivity contribution is 7.10. The third-order valence-electron chi connectivity index (χ3n) is 2.67. The molecule has 0 aliphatic rings. The van der Waals surface area contributed by atoms with Gasteiger partial charge in [0.2, 0.25) is 0 Å². The first-order valence-corrected chi connectivity index (χ1v) is 6.83. The molecule has 7 heteroatoms. The number of hydrogen-bond donors (Lipinski definition) is 2. The maximum Gasteiger partial charge on any atom is 0.421 e. The number of carbonyl (C=O) groups excluding carboxylic acids is 1. The Hall–Kier alpha value is -1.99. The highest BCUT2D eigenvalue weighted by Gasteiger charge is 2.13. The molecule has 0 fully saturated rings. The standard InChI is InChI=1S/C13H14FN3O2S/c1-8(6-19-13(18)17-15)12-16-11(7-20-12)9-2-4-10(14)5-3-9/h2-5,7-8H,6,15H2,1H3,(H,17,18). The lowest BCUT2D eigenvalue weighted by molar-refractivity contribution is 0.140. The summed E-state index contributed by atoms with van der Waals surface area (Å²) < 4.78 is 17.7. The van der Waals surface area contributed by atoms with Gasteiger partial charge in [-0.1, -0.05) is 6.92 Å². The molecule has 0 spiro atoms. The summed E-state index contributed by atoms with van der Waals surface area (Å²) in [5.41, 5.74) is 3.52. The van der Waals surface area contributed by atoms with E-state index in [9.17, 15) is 9.18 Å². The Labute approximate surface area is 119 Å². The maximum atomic E-state index is 12.9. The predicted molar refractivity (Wildman–Crippen MR) is 74.6 cm³/mol. The van der Waals surface area contributed by atoms with Gasteiger partial charge in [-0.05, 0) is 24.3 Å². The zero-order valence-corrected chi connectivity index (χ0v) is 11.6. The first-order chi connectivity index (χ1) is 9.60. The Balaban J connectivity index is 2.04. The molecule has 1 aromatic heterocycles. The lowest BCUT2D eigenvalue weighted by Gasteiger charge is -2.08. The van der Waals surface area contributed by atoms with Gasteiger partial charge in [-0.25, -0.2) is 20.0 Å². The molecule has 5 nitrogen and oxygen atoms in total. The van der Waals surface area contributed by atoms with E-state index in [4.69, 9.17) is 10.6 Å². The summed E-state index contributed by atoms with van der Waals surface area (Å²) in [6.07, 6.45) is -0.674. The van der Waals surface area contributed by atoms with Crippen LogP contribution in [0.5, 0.6) is 0 Å². The van der Waals surface area contributed by atoms with Gasteiger partial charge in [0.1, 0.15) is 12.4 Å². The van der Waals surface area contributed by atoms with E-state index in [0.29, 0.717) is 0 Å². The number of thiazole rings is 1. The molecule has 1 amide bonds. The zero-order chi connectivity index (χ0) is 14.5. The normalized spacial score (nSPS) is 11.9. The van der Waals surface area contributed by atoms with E-state index in [2.05, 4.69) is 4.98 Å². The van der Waals surface area contributed by atoms with Gasteiger partial charge in [-0.15, -0.1) is 11.3 Å². The molecule has 2 rings (SSSR count). The first-order valence-electron chi connectivity index (χ1n) is 5.95. The third-order valence-corrected chi connectivity index (χ3v) is 3.74. The largest absolute Gasteiger partial charge is 0.448 e. The number of nitrogens with one attached hydrogen (secondary N) is 1. The van der Waals surface area contributed by atoms with Crippen LogP contribution in [0.1, 0.15) is 17.8 Å². The minimum atomic E-state index is -0.674. The van der Waals surface area contributed by atoms with Crippen molar-refractivity contribution in [1.82, 2.24) is 10.4 Å². The van der Waals surface area contributed by atoms with Gasteiger partial charge in [0.25, 0.3) is 0 Å². The van der Waals surface area contributed by atoms with E-state index in [-0.39, 0.29) is 18.3 Å². The number of rotatable bonds is 4. The number of ether oxygens (including phenoxy) is 1. The van der Waals surface area contributed by atoms with E-state index >= 15 is 0 Å². The monoisotopic (exact) mass is 295 g/mol. The second kappa shape index (κ2) is 6.44. The van der Waals surface area contributed by atoms with Crippen LogP contribution in [0.2, 0.25) is 0 Å². The Morgan fingerprint density at radius 3 is 2.85 bits per heavy atom. The molecule has 1 heterocycles. The highest BCUT2D eigenvalue weighted by Crippen LogP contribution is 2.26. The molecule has 1 unspecified atom stereocenters. The Bertz CT molecular complexity index is 586. The average molecular weight is 295 g/mol. The highest BCUT2D eigenvalue weighted by atomic mass is 32.1. The number of hydrazine groups is 1. The minimum absolute atomic E-state index is 0.0356. The number of nitrogens with zero attached hydrogens (tertiary/aromatic N) is 1. The van der Waals surface area contributed by atoms with Crippen LogP contribution in [0.3, 0.4) is 0 Å². The van der Waals surface area contributed by atoms with Gasteiger partial charge in [-0.2, -0.15) is 0 Å². The molecule has 0 aliphatic carbocycles. The van der Waals surface area contributed by atoms with Crippen molar-refractivity contribution in [2.75, 3.05) is 6.61 Å². The van der Waals surface area contributed by atoms with Crippen LogP contribution >= 0.6 is 11.3 Å². The summed E-state index contributed by atoms with van der Waals surface area (Å²) in [6, 6.07) is 6.15. The summed E-state index contributed by atoms with van der Waals surface area (Å²) >= 11 is 1.47. The molecule has 106 valence electrons. The number of halogens is 1. The molecule has 1 atom stereocenters. The molecule has 0 saturated heterocycles. The summed E-state index contributed by atoms with van der Waals surface area (Å²) in [5, 5.41) is 2.73. The third kappa shape index (κ3) is 3.52. The second-order valence-electron chi connectivity index (χ2n) is 4.22. The molecule has 20 heavy (non-hydrogen) atoms. The van der Waals surface area contributed by atoms with E-state index in [1.807, 2.05) is 17.7 Å². The van der Waals surface area contributed by atoms with Crippen LogP contribution < -0.4 is 11.3 Å². The van der Waals surface area contributed by atoms with Crippen LogP contribution in [-0.4, -0.2) is 17.7 Å². The number of nitrogens with two attached hydrogens (primary N) is 1. The smallest absolute Gasteiger partial charge is 0.421 e. The van der Waals surface area contributed by atoms with Gasteiger partial charge >= 0.3 is 6.09 Å². The maximum absolute atomic E-state index is 12.9. The van der Waals surface area contributed by atoms with Gasteiger partial charge in [0.05, 0.1) is 10.7 Å². The fourth-order valence-electron chi connectivity index (χ4n) is 1.58. The molecule has 1 aromatic carbocycles. The van der Waals surface area contributed by atoms with E-state index in [1.54, 1.807) is 12.1 Å². The van der Waals surface area contributed by atoms with E-state index in [0.717, 1.165) is 16.3 Å². The molecule has 0 radical (unpaired) electrons. The number of amides is 1. The van der Waals surface area contributed by atoms with Crippen molar-refractivity contribution < 1.29 is 13.9 Å². The predicted octanol–water partition coefficient (Wildman–Crippen LogP) is 2.65. The van der Waals surface area contributed by atoms with Gasteiger partial charge in [0, 0.05) is 16.9 Å². The zero-order valence-electron chi connectivity index (χ0n) is 10.8. The summed E-state index contributed by atoms with van der Waals surface area (Å²) in [7, 11) is 0. The summed E-state index contributed by atoms with van der Waals surface area (Å²) in [4.78, 5) is 15.4. The van der Waals surface area contributed by atoms with Crippen molar-refractivity contribution in [3.8, 4) is 11.3 Å². The Kier molecular flexibility index (Phi) is 4.65. The fraction of sp³-hybridized carbons (Fsp3) is 0.231. The number of benzene rings is 1. The molecular weight excluding hydrogens is 281 g/mol. The van der Waals surface area contributed by atoms with Crippen LogP contribution in [0.25, 0.3) is 11.3 Å². The van der Waals surface area contributed by atoms with Crippen molar-refractivity contribution in [3.63, 3.8) is 0 Å². The molecule has 2 aromatic rings. The van der Waals surface area contributed by atoms with Crippen molar-refractivity contribution >= 4 is 17.4 Å². The van der Waals surface area contributed by atoms with Crippen LogP contribution in [0.4, 0.5) is 9.18 Å². The second-order valence-corrected chi connectivity index (χ2v) is 5.11. The molecule has 0 aliphatic heterocycles. The van der Waals surface area contributed by atoms with Crippen LogP contribution in [0, 0.1) is 5.82 Å². The van der Waals surface area contributed by atoms with Crippen molar-refractivity contribution in [2.45, 2.75) is 12.8 Å². The minimum Gasteiger partial charge on any atom is -0.448 e. The number of hydrogen-bond acceptors (Lipinski definition) is 5. The number of aromatic nitrogens is 1. The molecule has 3 N–H and O–H groups in total. The SMILES string of the molecule is CC(COC(=O)NN)c1nc(-c2ccc(F)cc2)cs1. The summed E-state index contributed by atoms with van der Waals surface area (Å²) in [6.45, 7) is 2.09. The fourth-order valence-corrected chi connectivity index (χ4v) is 2.45. The molecular formula is C13H14FN3O2S. The van der Waals surface area contributed by atoms with Crippen LogP contribution in [0.15, 0.2) is 29.6 Å². The van der Waals surface area contributed by atoms with Gasteiger partial charge in [-0.3, -0.25) is 5.43 Å². The van der Waals surface area contributed by atoms with E-state index < -0.39 is 6.09 Å². The average Bonchev–Trinajstić information content (AvgIpc) is 2.95. The summed E-state index contributed by atoms with van der Waals surface area (Å²) in [5.74, 6) is 4.61. The van der Waals surface area contributed by atoms with Crippen LogP contribution in [-0.2, 0) is 4.74 Å². The lowest BCUT2D eigenvalue weighted by Crippen LogP contribution is -2.31.